The van der Waals surface area contributed by atoms with Crippen molar-refractivity contribution in [1.82, 2.24) is 5.32 Å². The molecule has 6 aromatic rings. The lowest BCUT2D eigenvalue weighted by Gasteiger charge is -2.18. The standard InChI is InChI=1S/C44H37N3O4S/c1-31-13-11-20-36(27-31)46-44(50)41(34-16-7-3-8-17-34)52-39-22-12-21-37(29-39)45-43(49)40(47-42(48)35-18-9-4-10-19-35)28-32-23-25-38(26-24-32)51-30-33-14-5-2-6-15-33/h2-29,41H,30H2,1H3,(H,45,49)(H,46,50)(H,47,48)/b40-28+. The number of anilines is 2. The van der Waals surface area contributed by atoms with Gasteiger partial charge in [0.2, 0.25) is 5.91 Å². The Bertz CT molecular complexity index is 2160. The fraction of sp³-hybridized carbons (Fsp3) is 0.0682. The lowest BCUT2D eigenvalue weighted by atomic mass is 10.1. The molecule has 0 bridgehead atoms. The van der Waals surface area contributed by atoms with Crippen LogP contribution in [0.5, 0.6) is 5.75 Å². The molecular weight excluding hydrogens is 667 g/mol. The molecule has 0 aliphatic carbocycles. The van der Waals surface area contributed by atoms with Gasteiger partial charge < -0.3 is 20.7 Å². The fourth-order valence-corrected chi connectivity index (χ4v) is 6.41. The van der Waals surface area contributed by atoms with Gasteiger partial charge in [0.1, 0.15) is 23.3 Å². The van der Waals surface area contributed by atoms with E-state index >= 15 is 0 Å². The molecule has 1 atom stereocenters. The average Bonchev–Trinajstić information content (AvgIpc) is 3.17. The first-order valence-corrected chi connectivity index (χ1v) is 17.6. The summed E-state index contributed by atoms with van der Waals surface area (Å²) in [7, 11) is 0. The molecule has 0 aliphatic heterocycles. The number of carbonyl (C=O) groups excluding carboxylic acids is 3. The minimum absolute atomic E-state index is 0.0598. The molecule has 0 aromatic heterocycles. The Labute approximate surface area is 307 Å². The van der Waals surface area contributed by atoms with Gasteiger partial charge in [-0.25, -0.2) is 0 Å². The number of ether oxygens (including phenoxy) is 1. The number of amides is 3. The van der Waals surface area contributed by atoms with Gasteiger partial charge in [-0.2, -0.15) is 0 Å². The Morgan fingerprint density at radius 3 is 2.00 bits per heavy atom. The van der Waals surface area contributed by atoms with Crippen LogP contribution in [0, 0.1) is 6.92 Å². The van der Waals surface area contributed by atoms with Crippen molar-refractivity contribution in [3.63, 3.8) is 0 Å². The maximum Gasteiger partial charge on any atom is 0.272 e. The third-order valence-electron chi connectivity index (χ3n) is 7.94. The topological polar surface area (TPSA) is 96.5 Å². The van der Waals surface area contributed by atoms with Crippen molar-refractivity contribution in [3.05, 3.63) is 197 Å². The number of aryl methyl sites for hydroxylation is 1. The molecule has 52 heavy (non-hydrogen) atoms. The van der Waals surface area contributed by atoms with Crippen molar-refractivity contribution >= 4 is 46.9 Å². The van der Waals surface area contributed by atoms with Crippen LogP contribution in [-0.2, 0) is 16.2 Å². The second-order valence-corrected chi connectivity index (χ2v) is 13.1. The number of hydrogen-bond acceptors (Lipinski definition) is 5. The van der Waals surface area contributed by atoms with E-state index in [4.69, 9.17) is 4.74 Å². The monoisotopic (exact) mass is 703 g/mol. The van der Waals surface area contributed by atoms with Crippen LogP contribution in [0.25, 0.3) is 6.08 Å². The summed E-state index contributed by atoms with van der Waals surface area (Å²) < 4.78 is 5.92. The summed E-state index contributed by atoms with van der Waals surface area (Å²) in [6.07, 6.45) is 1.62. The molecule has 6 aromatic carbocycles. The van der Waals surface area contributed by atoms with E-state index in [1.807, 2.05) is 140 Å². The average molecular weight is 704 g/mol. The van der Waals surface area contributed by atoms with E-state index < -0.39 is 17.1 Å². The number of benzene rings is 6. The van der Waals surface area contributed by atoms with Gasteiger partial charge >= 0.3 is 0 Å². The first-order valence-electron chi connectivity index (χ1n) is 16.7. The van der Waals surface area contributed by atoms with Crippen molar-refractivity contribution in [3.8, 4) is 5.75 Å². The molecule has 0 radical (unpaired) electrons. The number of hydrogen-bond donors (Lipinski definition) is 3. The zero-order valence-corrected chi connectivity index (χ0v) is 29.3. The van der Waals surface area contributed by atoms with Crippen molar-refractivity contribution in [2.45, 2.75) is 23.7 Å². The summed E-state index contributed by atoms with van der Waals surface area (Å²) in [5.74, 6) is -0.412. The van der Waals surface area contributed by atoms with Crippen LogP contribution in [0.4, 0.5) is 11.4 Å². The molecule has 0 saturated carbocycles. The highest BCUT2D eigenvalue weighted by Crippen LogP contribution is 2.37. The second-order valence-electron chi connectivity index (χ2n) is 12.0. The Morgan fingerprint density at radius 2 is 1.31 bits per heavy atom. The maximum absolute atomic E-state index is 13.8. The third-order valence-corrected chi connectivity index (χ3v) is 9.19. The van der Waals surface area contributed by atoms with E-state index in [2.05, 4.69) is 16.0 Å². The van der Waals surface area contributed by atoms with Crippen LogP contribution in [0.3, 0.4) is 0 Å². The summed E-state index contributed by atoms with van der Waals surface area (Å²) in [5, 5.41) is 8.22. The van der Waals surface area contributed by atoms with Crippen molar-refractivity contribution in [1.29, 1.82) is 0 Å². The highest BCUT2D eigenvalue weighted by molar-refractivity contribution is 8.00. The van der Waals surface area contributed by atoms with Gasteiger partial charge in [0.05, 0.1) is 0 Å². The van der Waals surface area contributed by atoms with E-state index in [9.17, 15) is 14.4 Å². The van der Waals surface area contributed by atoms with Crippen LogP contribution in [0.15, 0.2) is 174 Å². The van der Waals surface area contributed by atoms with Crippen LogP contribution in [0.2, 0.25) is 0 Å². The molecule has 7 nitrogen and oxygen atoms in total. The summed E-state index contributed by atoms with van der Waals surface area (Å²) in [6.45, 7) is 2.41. The van der Waals surface area contributed by atoms with E-state index in [0.717, 1.165) is 27.3 Å². The van der Waals surface area contributed by atoms with Crippen molar-refractivity contribution in [2.75, 3.05) is 10.6 Å². The number of rotatable bonds is 13. The molecule has 0 spiro atoms. The molecule has 3 N–H and O–H groups in total. The normalized spacial score (nSPS) is 11.6. The fourth-order valence-electron chi connectivity index (χ4n) is 5.32. The van der Waals surface area contributed by atoms with E-state index in [1.165, 1.54) is 11.8 Å². The molecular formula is C44H37N3O4S. The van der Waals surface area contributed by atoms with E-state index in [1.54, 1.807) is 36.4 Å². The summed E-state index contributed by atoms with van der Waals surface area (Å²) in [6, 6.07) is 50.4. The van der Waals surface area contributed by atoms with Gasteiger partial charge in [-0.3, -0.25) is 14.4 Å². The number of carbonyl (C=O) groups is 3. The predicted molar refractivity (Wildman–Crippen MR) is 209 cm³/mol. The molecule has 0 saturated heterocycles. The molecule has 0 fully saturated rings. The smallest absolute Gasteiger partial charge is 0.272 e. The minimum Gasteiger partial charge on any atom is -0.489 e. The zero-order chi connectivity index (χ0) is 36.1. The molecule has 0 aliphatic rings. The lowest BCUT2D eigenvalue weighted by Crippen LogP contribution is -2.30. The van der Waals surface area contributed by atoms with Crippen LogP contribution < -0.4 is 20.7 Å². The first kappa shape index (κ1) is 35.4. The molecule has 258 valence electrons. The Morgan fingerprint density at radius 1 is 0.673 bits per heavy atom. The Balaban J connectivity index is 1.20. The largest absolute Gasteiger partial charge is 0.489 e. The minimum atomic E-state index is -0.562. The highest BCUT2D eigenvalue weighted by Gasteiger charge is 2.23. The van der Waals surface area contributed by atoms with E-state index in [0.29, 0.717) is 29.2 Å². The molecule has 6 rings (SSSR count). The number of thioether (sulfide) groups is 1. The Kier molecular flexibility index (Phi) is 11.9. The van der Waals surface area contributed by atoms with Crippen LogP contribution in [-0.4, -0.2) is 17.7 Å². The molecule has 1 unspecified atom stereocenters. The van der Waals surface area contributed by atoms with Gasteiger partial charge in [0.15, 0.2) is 0 Å². The zero-order valence-electron chi connectivity index (χ0n) is 28.5. The van der Waals surface area contributed by atoms with Gasteiger partial charge in [0, 0.05) is 21.8 Å². The van der Waals surface area contributed by atoms with Crippen LogP contribution >= 0.6 is 11.8 Å². The van der Waals surface area contributed by atoms with E-state index in [-0.39, 0.29) is 11.6 Å². The summed E-state index contributed by atoms with van der Waals surface area (Å²) in [4.78, 5) is 41.4. The summed E-state index contributed by atoms with van der Waals surface area (Å²) >= 11 is 1.38. The lowest BCUT2D eigenvalue weighted by molar-refractivity contribution is -0.116. The second kappa shape index (κ2) is 17.5. The summed E-state index contributed by atoms with van der Waals surface area (Å²) in [5.41, 5.74) is 5.34. The third kappa shape index (κ3) is 10.1. The van der Waals surface area contributed by atoms with Gasteiger partial charge in [-0.1, -0.05) is 109 Å². The van der Waals surface area contributed by atoms with Gasteiger partial charge in [0.25, 0.3) is 11.8 Å². The quantitative estimate of drug-likeness (QED) is 0.0823. The highest BCUT2D eigenvalue weighted by atomic mass is 32.2. The maximum atomic E-state index is 13.8. The SMILES string of the molecule is Cc1cccc(NC(=O)C(Sc2cccc(NC(=O)/C(=C\c3ccc(OCc4ccccc4)cc3)NC(=O)c3ccccc3)c2)c2ccccc2)c1. The van der Waals surface area contributed by atoms with Crippen molar-refractivity contribution in [2.24, 2.45) is 0 Å². The van der Waals surface area contributed by atoms with Crippen LogP contribution in [0.1, 0.15) is 37.9 Å². The molecule has 8 heteroatoms. The molecule has 3 amide bonds. The van der Waals surface area contributed by atoms with Crippen molar-refractivity contribution < 1.29 is 19.1 Å². The first-order chi connectivity index (χ1) is 25.4. The van der Waals surface area contributed by atoms with Gasteiger partial charge in [-0.15, -0.1) is 11.8 Å². The predicted octanol–water partition coefficient (Wildman–Crippen LogP) is 9.46. The molecule has 0 heterocycles. The Hall–Kier alpha value is -6.38. The van der Waals surface area contributed by atoms with Gasteiger partial charge in [-0.05, 0) is 89.9 Å². The number of nitrogens with one attached hydrogen (secondary N) is 3.